The molecule has 0 saturated carbocycles. The van der Waals surface area contributed by atoms with Crippen LogP contribution in [0.5, 0.6) is 0 Å². The maximum atomic E-state index is 13.3. The van der Waals surface area contributed by atoms with Crippen LogP contribution in [0.1, 0.15) is 38.7 Å². The molecule has 1 aromatic rings. The maximum Gasteiger partial charge on any atom is 0.240 e. The Balaban J connectivity index is 2.04. The van der Waals surface area contributed by atoms with E-state index in [0.29, 0.717) is 18.2 Å². The number of sulfonamides is 1. The fourth-order valence-corrected chi connectivity index (χ4v) is 4.44. The zero-order valence-corrected chi connectivity index (χ0v) is 14.3. The normalized spacial score (nSPS) is 21.7. The van der Waals surface area contributed by atoms with E-state index in [1.807, 2.05) is 6.92 Å². The molecule has 1 heterocycles. The molecule has 0 radical (unpaired) electrons. The molecule has 0 aromatic heterocycles. The monoisotopic (exact) mass is 328 g/mol. The summed E-state index contributed by atoms with van der Waals surface area (Å²) in [6.07, 6.45) is 3.54. The van der Waals surface area contributed by atoms with Crippen LogP contribution in [-0.4, -0.2) is 38.5 Å². The van der Waals surface area contributed by atoms with Crippen LogP contribution in [0, 0.1) is 12.7 Å². The predicted octanol–water partition coefficient (Wildman–Crippen LogP) is 2.68. The minimum atomic E-state index is -3.68. The van der Waals surface area contributed by atoms with Gasteiger partial charge in [0.1, 0.15) is 5.82 Å². The van der Waals surface area contributed by atoms with Crippen molar-refractivity contribution in [3.8, 4) is 0 Å². The van der Waals surface area contributed by atoms with Crippen molar-refractivity contribution in [3.05, 3.63) is 29.6 Å². The molecule has 0 amide bonds. The van der Waals surface area contributed by atoms with Gasteiger partial charge in [0.2, 0.25) is 10.0 Å². The Morgan fingerprint density at radius 2 is 2.14 bits per heavy atom. The summed E-state index contributed by atoms with van der Waals surface area (Å²) in [5.41, 5.74) is 0.549. The minimum absolute atomic E-state index is 0.0198. The van der Waals surface area contributed by atoms with Crippen molar-refractivity contribution in [3.63, 3.8) is 0 Å². The highest BCUT2D eigenvalue weighted by Crippen LogP contribution is 2.20. The largest absolute Gasteiger partial charge is 0.297 e. The predicted molar refractivity (Wildman–Crippen MR) is 85.8 cm³/mol. The van der Waals surface area contributed by atoms with Crippen LogP contribution in [-0.2, 0) is 10.0 Å². The summed E-state index contributed by atoms with van der Waals surface area (Å²) in [5.74, 6) is -0.538. The second-order valence-electron chi connectivity index (χ2n) is 6.19. The highest BCUT2D eigenvalue weighted by molar-refractivity contribution is 7.89. The lowest BCUT2D eigenvalue weighted by molar-refractivity contribution is 0.116. The smallest absolute Gasteiger partial charge is 0.240 e. The molecule has 6 heteroatoms. The molecule has 2 atom stereocenters. The Morgan fingerprint density at radius 3 is 2.82 bits per heavy atom. The lowest BCUT2D eigenvalue weighted by Gasteiger charge is -2.38. The van der Waals surface area contributed by atoms with Crippen molar-refractivity contribution in [2.24, 2.45) is 0 Å². The van der Waals surface area contributed by atoms with E-state index in [4.69, 9.17) is 0 Å². The van der Waals surface area contributed by atoms with Gasteiger partial charge in [-0.3, -0.25) is 4.90 Å². The minimum Gasteiger partial charge on any atom is -0.297 e. The van der Waals surface area contributed by atoms with Crippen molar-refractivity contribution in [1.82, 2.24) is 9.62 Å². The third kappa shape index (κ3) is 4.06. The summed E-state index contributed by atoms with van der Waals surface area (Å²) in [4.78, 5) is 2.36. The molecular formula is C16H25FN2O2S. The summed E-state index contributed by atoms with van der Waals surface area (Å²) in [7, 11) is -3.68. The Morgan fingerprint density at radius 1 is 1.41 bits per heavy atom. The highest BCUT2D eigenvalue weighted by atomic mass is 32.2. The van der Waals surface area contributed by atoms with Crippen molar-refractivity contribution in [2.75, 3.05) is 13.1 Å². The van der Waals surface area contributed by atoms with Gasteiger partial charge in [-0.05, 0) is 57.9 Å². The second-order valence-corrected chi connectivity index (χ2v) is 7.93. The molecule has 1 N–H and O–H groups in total. The quantitative estimate of drug-likeness (QED) is 0.904. The number of rotatable bonds is 5. The van der Waals surface area contributed by atoms with E-state index in [0.717, 1.165) is 25.5 Å². The van der Waals surface area contributed by atoms with Gasteiger partial charge < -0.3 is 0 Å². The SMILES string of the molecule is Cc1ccc(F)cc1S(=O)(=O)NCC(C)N1CCCCC1C. The number of likely N-dealkylation sites (tertiary alicyclic amines) is 1. The zero-order valence-electron chi connectivity index (χ0n) is 13.5. The lowest BCUT2D eigenvalue weighted by atomic mass is 10.0. The Bertz CT molecular complexity index is 619. The average molecular weight is 328 g/mol. The van der Waals surface area contributed by atoms with Crippen molar-refractivity contribution in [1.29, 1.82) is 0 Å². The van der Waals surface area contributed by atoms with Crippen LogP contribution in [0.2, 0.25) is 0 Å². The molecule has 1 aromatic carbocycles. The molecule has 1 saturated heterocycles. The van der Waals surface area contributed by atoms with Crippen molar-refractivity contribution < 1.29 is 12.8 Å². The van der Waals surface area contributed by atoms with Crippen LogP contribution < -0.4 is 4.72 Å². The van der Waals surface area contributed by atoms with Gasteiger partial charge in [0.25, 0.3) is 0 Å². The third-order valence-electron chi connectivity index (χ3n) is 4.43. The van der Waals surface area contributed by atoms with Crippen LogP contribution in [0.15, 0.2) is 23.1 Å². The number of halogens is 1. The van der Waals surface area contributed by atoms with E-state index in [9.17, 15) is 12.8 Å². The van der Waals surface area contributed by atoms with Gasteiger partial charge >= 0.3 is 0 Å². The maximum absolute atomic E-state index is 13.3. The fraction of sp³-hybridized carbons (Fsp3) is 0.625. The van der Waals surface area contributed by atoms with Gasteiger partial charge in [0.15, 0.2) is 0 Å². The number of hydrogen-bond acceptors (Lipinski definition) is 3. The number of aryl methyl sites for hydroxylation is 1. The second kappa shape index (κ2) is 7.06. The molecule has 0 bridgehead atoms. The van der Waals surface area contributed by atoms with Crippen LogP contribution >= 0.6 is 0 Å². The summed E-state index contributed by atoms with van der Waals surface area (Å²) in [5, 5.41) is 0. The summed E-state index contributed by atoms with van der Waals surface area (Å²) >= 11 is 0. The molecule has 0 aliphatic carbocycles. The molecule has 0 spiro atoms. The fourth-order valence-electron chi connectivity index (χ4n) is 3.06. The molecule has 1 aliphatic heterocycles. The first kappa shape index (κ1) is 17.4. The standard InChI is InChI=1S/C16H25FN2O2S/c1-12-7-8-15(17)10-16(12)22(20,21)18-11-14(3)19-9-5-4-6-13(19)2/h7-8,10,13-14,18H,4-6,9,11H2,1-3H3. The van der Waals surface area contributed by atoms with E-state index in [-0.39, 0.29) is 10.9 Å². The van der Waals surface area contributed by atoms with Gasteiger partial charge in [-0.25, -0.2) is 17.5 Å². The number of benzene rings is 1. The van der Waals surface area contributed by atoms with Gasteiger partial charge in [-0.1, -0.05) is 12.5 Å². The summed E-state index contributed by atoms with van der Waals surface area (Å²) in [6.45, 7) is 7.22. The van der Waals surface area contributed by atoms with E-state index in [2.05, 4.69) is 16.5 Å². The molecule has 1 aliphatic rings. The van der Waals surface area contributed by atoms with Crippen LogP contribution in [0.25, 0.3) is 0 Å². The Hall–Kier alpha value is -0.980. The van der Waals surface area contributed by atoms with Gasteiger partial charge in [-0.2, -0.15) is 0 Å². The molecule has 124 valence electrons. The van der Waals surface area contributed by atoms with E-state index >= 15 is 0 Å². The summed E-state index contributed by atoms with van der Waals surface area (Å²) in [6, 6.07) is 4.43. The Kier molecular flexibility index (Phi) is 5.58. The average Bonchev–Trinajstić information content (AvgIpc) is 2.48. The molecule has 2 unspecified atom stereocenters. The first-order valence-electron chi connectivity index (χ1n) is 7.83. The van der Waals surface area contributed by atoms with Crippen LogP contribution in [0.3, 0.4) is 0 Å². The first-order valence-corrected chi connectivity index (χ1v) is 9.31. The Labute approximate surface area is 132 Å². The van der Waals surface area contributed by atoms with E-state index in [1.165, 1.54) is 18.6 Å². The first-order chi connectivity index (χ1) is 10.3. The molecule has 1 fully saturated rings. The van der Waals surface area contributed by atoms with Crippen molar-refractivity contribution in [2.45, 2.75) is 57.0 Å². The van der Waals surface area contributed by atoms with Crippen LogP contribution in [0.4, 0.5) is 4.39 Å². The van der Waals surface area contributed by atoms with Gasteiger partial charge in [-0.15, -0.1) is 0 Å². The number of nitrogens with zero attached hydrogens (tertiary/aromatic N) is 1. The topological polar surface area (TPSA) is 49.4 Å². The molecule has 4 nitrogen and oxygen atoms in total. The van der Waals surface area contributed by atoms with E-state index < -0.39 is 15.8 Å². The van der Waals surface area contributed by atoms with Crippen molar-refractivity contribution >= 4 is 10.0 Å². The lowest BCUT2D eigenvalue weighted by Crippen LogP contribution is -2.48. The number of nitrogens with one attached hydrogen (secondary N) is 1. The highest BCUT2D eigenvalue weighted by Gasteiger charge is 2.25. The number of hydrogen-bond donors (Lipinski definition) is 1. The van der Waals surface area contributed by atoms with E-state index in [1.54, 1.807) is 6.92 Å². The molecular weight excluding hydrogens is 303 g/mol. The third-order valence-corrected chi connectivity index (χ3v) is 5.99. The number of piperidine rings is 1. The zero-order chi connectivity index (χ0) is 16.3. The molecule has 22 heavy (non-hydrogen) atoms. The van der Waals surface area contributed by atoms with Gasteiger partial charge in [0, 0.05) is 18.6 Å². The van der Waals surface area contributed by atoms with Gasteiger partial charge in [0.05, 0.1) is 4.90 Å². The summed E-state index contributed by atoms with van der Waals surface area (Å²) < 4.78 is 40.7. The molecule has 2 rings (SSSR count).